The largest absolute Gasteiger partial charge is 0.354 e. The van der Waals surface area contributed by atoms with Gasteiger partial charge in [0.05, 0.1) is 0 Å². The number of pyridine rings is 1. The molecule has 0 fully saturated rings. The summed E-state index contributed by atoms with van der Waals surface area (Å²) in [6.07, 6.45) is 4.20. The van der Waals surface area contributed by atoms with Crippen molar-refractivity contribution in [2.75, 3.05) is 18.0 Å². The Labute approximate surface area is 118 Å². The molecule has 0 spiro atoms. The molecule has 3 heteroatoms. The quantitative estimate of drug-likeness (QED) is 0.774. The van der Waals surface area contributed by atoms with Crippen LogP contribution in [0.15, 0.2) is 18.3 Å². The maximum Gasteiger partial charge on any atom is 0.133 e. The van der Waals surface area contributed by atoms with Gasteiger partial charge in [0.25, 0.3) is 0 Å². The first-order chi connectivity index (χ1) is 9.11. The summed E-state index contributed by atoms with van der Waals surface area (Å²) >= 11 is 0. The Morgan fingerprint density at radius 3 is 2.53 bits per heavy atom. The van der Waals surface area contributed by atoms with E-state index in [1.807, 2.05) is 12.3 Å². The van der Waals surface area contributed by atoms with Crippen molar-refractivity contribution >= 4 is 5.82 Å². The van der Waals surface area contributed by atoms with Gasteiger partial charge >= 0.3 is 0 Å². The molecule has 0 aromatic carbocycles. The molecule has 1 aromatic heterocycles. The third-order valence-corrected chi connectivity index (χ3v) is 3.34. The summed E-state index contributed by atoms with van der Waals surface area (Å²) in [6, 6.07) is 5.06. The van der Waals surface area contributed by atoms with Gasteiger partial charge in [-0.3, -0.25) is 0 Å². The highest BCUT2D eigenvalue weighted by Gasteiger charge is 2.18. The third kappa shape index (κ3) is 4.50. The van der Waals surface area contributed by atoms with Gasteiger partial charge in [0.1, 0.15) is 5.82 Å². The second-order valence-corrected chi connectivity index (χ2v) is 5.38. The zero-order valence-electron chi connectivity index (χ0n) is 13.1. The molecule has 0 bridgehead atoms. The standard InChI is InChI=1S/C16H29N3/c1-6-10-17-14(5)15-9-8-11-18-16(15)19(12-7-2)13(3)4/h8-9,11,13-14,17H,6-7,10,12H2,1-5H3. The average molecular weight is 263 g/mol. The molecule has 1 atom stereocenters. The van der Waals surface area contributed by atoms with Crippen molar-refractivity contribution in [3.8, 4) is 0 Å². The zero-order chi connectivity index (χ0) is 14.3. The Morgan fingerprint density at radius 2 is 1.95 bits per heavy atom. The van der Waals surface area contributed by atoms with Gasteiger partial charge in [-0.25, -0.2) is 4.98 Å². The van der Waals surface area contributed by atoms with Crippen LogP contribution < -0.4 is 10.2 Å². The smallest absolute Gasteiger partial charge is 0.133 e. The van der Waals surface area contributed by atoms with E-state index in [4.69, 9.17) is 0 Å². The molecule has 1 unspecified atom stereocenters. The molecule has 0 amide bonds. The Bertz CT molecular complexity index is 363. The molecule has 0 aliphatic rings. The lowest BCUT2D eigenvalue weighted by molar-refractivity contribution is 0.562. The Balaban J connectivity index is 2.98. The van der Waals surface area contributed by atoms with Crippen molar-refractivity contribution in [2.24, 2.45) is 0 Å². The second kappa shape index (κ2) is 8.16. The lowest BCUT2D eigenvalue weighted by Gasteiger charge is -2.31. The van der Waals surface area contributed by atoms with E-state index in [9.17, 15) is 0 Å². The molecule has 1 heterocycles. The molecule has 0 aliphatic carbocycles. The average Bonchev–Trinajstić information content (AvgIpc) is 2.42. The van der Waals surface area contributed by atoms with Crippen molar-refractivity contribution in [2.45, 2.75) is 59.5 Å². The van der Waals surface area contributed by atoms with Crippen LogP contribution in [0.1, 0.15) is 59.1 Å². The number of nitrogens with zero attached hydrogens (tertiary/aromatic N) is 2. The van der Waals surface area contributed by atoms with E-state index >= 15 is 0 Å². The van der Waals surface area contributed by atoms with Crippen LogP contribution in [-0.4, -0.2) is 24.1 Å². The van der Waals surface area contributed by atoms with E-state index in [2.05, 4.69) is 55.9 Å². The predicted octanol–water partition coefficient (Wildman–Crippen LogP) is 3.77. The van der Waals surface area contributed by atoms with Crippen LogP contribution >= 0.6 is 0 Å². The minimum Gasteiger partial charge on any atom is -0.354 e. The maximum atomic E-state index is 4.63. The second-order valence-electron chi connectivity index (χ2n) is 5.38. The monoisotopic (exact) mass is 263 g/mol. The molecule has 0 saturated heterocycles. The summed E-state index contributed by atoms with van der Waals surface area (Å²) in [7, 11) is 0. The Morgan fingerprint density at radius 1 is 1.21 bits per heavy atom. The minimum absolute atomic E-state index is 0.349. The lowest BCUT2D eigenvalue weighted by atomic mass is 10.1. The van der Waals surface area contributed by atoms with Gasteiger partial charge in [-0.1, -0.05) is 19.9 Å². The lowest BCUT2D eigenvalue weighted by Crippen LogP contribution is -2.34. The van der Waals surface area contributed by atoms with Crippen LogP contribution in [0.3, 0.4) is 0 Å². The van der Waals surface area contributed by atoms with Crippen LogP contribution in [0.2, 0.25) is 0 Å². The van der Waals surface area contributed by atoms with Gasteiger partial charge in [-0.2, -0.15) is 0 Å². The molecule has 0 saturated carbocycles. The summed E-state index contributed by atoms with van der Waals surface area (Å²) < 4.78 is 0. The van der Waals surface area contributed by atoms with E-state index in [1.165, 1.54) is 5.56 Å². The van der Waals surface area contributed by atoms with Crippen molar-refractivity contribution in [3.05, 3.63) is 23.9 Å². The molecule has 0 aliphatic heterocycles. The summed E-state index contributed by atoms with van der Waals surface area (Å²) in [5.74, 6) is 1.13. The fourth-order valence-electron chi connectivity index (χ4n) is 2.31. The minimum atomic E-state index is 0.349. The van der Waals surface area contributed by atoms with Gasteiger partial charge in [0.15, 0.2) is 0 Å². The molecular weight excluding hydrogens is 234 g/mol. The summed E-state index contributed by atoms with van der Waals surface area (Å²) in [5.41, 5.74) is 1.30. The van der Waals surface area contributed by atoms with Crippen molar-refractivity contribution in [3.63, 3.8) is 0 Å². The highest BCUT2D eigenvalue weighted by Crippen LogP contribution is 2.25. The molecule has 1 rings (SSSR count). The third-order valence-electron chi connectivity index (χ3n) is 3.34. The summed E-state index contributed by atoms with van der Waals surface area (Å²) in [6.45, 7) is 13.2. The molecule has 1 N–H and O–H groups in total. The Hall–Kier alpha value is -1.09. The van der Waals surface area contributed by atoms with E-state index in [-0.39, 0.29) is 0 Å². The van der Waals surface area contributed by atoms with Crippen LogP contribution in [0.5, 0.6) is 0 Å². The Kier molecular flexibility index (Phi) is 6.85. The molecule has 1 aromatic rings. The van der Waals surface area contributed by atoms with Crippen LogP contribution in [0.25, 0.3) is 0 Å². The van der Waals surface area contributed by atoms with Crippen molar-refractivity contribution < 1.29 is 0 Å². The van der Waals surface area contributed by atoms with Crippen LogP contribution in [0.4, 0.5) is 5.82 Å². The van der Waals surface area contributed by atoms with E-state index in [0.29, 0.717) is 12.1 Å². The first kappa shape index (κ1) is 16.0. The maximum absolute atomic E-state index is 4.63. The van der Waals surface area contributed by atoms with E-state index in [0.717, 1.165) is 31.7 Å². The first-order valence-corrected chi connectivity index (χ1v) is 7.56. The SMILES string of the molecule is CCCNC(C)c1cccnc1N(CCC)C(C)C. The van der Waals surface area contributed by atoms with Crippen LogP contribution in [0, 0.1) is 0 Å². The van der Waals surface area contributed by atoms with Gasteiger partial charge in [-0.15, -0.1) is 0 Å². The van der Waals surface area contributed by atoms with Gasteiger partial charge in [-0.05, 0) is 46.2 Å². The summed E-state index contributed by atoms with van der Waals surface area (Å²) in [5, 5.41) is 3.56. The number of nitrogens with one attached hydrogen (secondary N) is 1. The van der Waals surface area contributed by atoms with Gasteiger partial charge in [0, 0.05) is 30.4 Å². The normalized spacial score (nSPS) is 12.7. The zero-order valence-corrected chi connectivity index (χ0v) is 13.1. The van der Waals surface area contributed by atoms with E-state index < -0.39 is 0 Å². The molecule has 0 radical (unpaired) electrons. The molecule has 19 heavy (non-hydrogen) atoms. The number of anilines is 1. The van der Waals surface area contributed by atoms with E-state index in [1.54, 1.807) is 0 Å². The number of hydrogen-bond donors (Lipinski definition) is 1. The van der Waals surface area contributed by atoms with Gasteiger partial charge in [0.2, 0.25) is 0 Å². The first-order valence-electron chi connectivity index (χ1n) is 7.56. The fourth-order valence-corrected chi connectivity index (χ4v) is 2.31. The van der Waals surface area contributed by atoms with Crippen molar-refractivity contribution in [1.82, 2.24) is 10.3 Å². The molecular formula is C16H29N3. The van der Waals surface area contributed by atoms with Gasteiger partial charge < -0.3 is 10.2 Å². The summed E-state index contributed by atoms with van der Waals surface area (Å²) in [4.78, 5) is 7.04. The molecule has 3 nitrogen and oxygen atoms in total. The predicted molar refractivity (Wildman–Crippen MR) is 83.7 cm³/mol. The number of rotatable bonds is 8. The molecule has 108 valence electrons. The number of aromatic nitrogens is 1. The van der Waals surface area contributed by atoms with Crippen molar-refractivity contribution in [1.29, 1.82) is 0 Å². The fraction of sp³-hybridized carbons (Fsp3) is 0.688. The highest BCUT2D eigenvalue weighted by atomic mass is 15.2. The highest BCUT2D eigenvalue weighted by molar-refractivity contribution is 5.49. The number of hydrogen-bond acceptors (Lipinski definition) is 3. The van der Waals surface area contributed by atoms with Crippen LogP contribution in [-0.2, 0) is 0 Å². The topological polar surface area (TPSA) is 28.2 Å².